The van der Waals surface area contributed by atoms with E-state index in [4.69, 9.17) is 9.84 Å². The Kier molecular flexibility index (Phi) is 5.38. The van der Waals surface area contributed by atoms with Crippen molar-refractivity contribution in [2.45, 2.75) is 18.6 Å². The van der Waals surface area contributed by atoms with Gasteiger partial charge in [-0.2, -0.15) is 13.2 Å². The Bertz CT molecular complexity index is 443. The van der Waals surface area contributed by atoms with E-state index < -0.39 is 17.7 Å². The number of ether oxygens (including phenoxy) is 1. The molecule has 0 aliphatic heterocycles. The molecule has 1 atom stereocenters. The fourth-order valence-corrected chi connectivity index (χ4v) is 1.52. The quantitative estimate of drug-likeness (QED) is 0.875. The number of hydrogen-bond acceptors (Lipinski definition) is 3. The molecule has 0 aliphatic rings. The normalized spacial score (nSPS) is 13.3. The van der Waals surface area contributed by atoms with Crippen LogP contribution in [0, 0.1) is 0 Å². The van der Waals surface area contributed by atoms with Crippen LogP contribution in [0.1, 0.15) is 12.0 Å². The Morgan fingerprint density at radius 3 is 2.25 bits per heavy atom. The van der Waals surface area contributed by atoms with Gasteiger partial charge in [0, 0.05) is 0 Å². The summed E-state index contributed by atoms with van der Waals surface area (Å²) in [6, 6.07) is 3.94. The number of alkyl halides is 3. The summed E-state index contributed by atoms with van der Waals surface area (Å²) in [4.78, 5) is 12.4. The van der Waals surface area contributed by atoms with Crippen molar-refractivity contribution in [3.05, 3.63) is 29.8 Å². The number of aliphatic carboxylic acids is 1. The fraction of sp³-hybridized carbons (Fsp3) is 0.462. The predicted octanol–water partition coefficient (Wildman–Crippen LogP) is 2.49. The number of carbonyl (C=O) groups is 1. The number of likely N-dealkylation sites (N-methyl/N-ethyl adjacent to an activating group) is 1. The highest BCUT2D eigenvalue weighted by Crippen LogP contribution is 2.30. The number of hydrogen-bond donors (Lipinski definition) is 1. The highest BCUT2D eigenvalue weighted by Gasteiger charge is 2.30. The minimum atomic E-state index is -4.38. The van der Waals surface area contributed by atoms with Crippen molar-refractivity contribution in [1.82, 2.24) is 4.90 Å². The second-order valence-electron chi connectivity index (χ2n) is 4.55. The minimum absolute atomic E-state index is 0.0880. The van der Waals surface area contributed by atoms with Gasteiger partial charge in [0.05, 0.1) is 18.0 Å². The van der Waals surface area contributed by atoms with Gasteiger partial charge in [0.1, 0.15) is 12.4 Å². The molecule has 0 aromatic heterocycles. The van der Waals surface area contributed by atoms with Crippen LogP contribution in [0.3, 0.4) is 0 Å². The van der Waals surface area contributed by atoms with Gasteiger partial charge in [-0.25, -0.2) is 0 Å². The van der Waals surface area contributed by atoms with E-state index in [-0.39, 0.29) is 24.8 Å². The van der Waals surface area contributed by atoms with Crippen LogP contribution in [-0.2, 0) is 11.0 Å². The lowest BCUT2D eigenvalue weighted by atomic mass is 10.2. The zero-order valence-corrected chi connectivity index (χ0v) is 11.1. The molecule has 1 unspecified atom stereocenters. The van der Waals surface area contributed by atoms with E-state index in [0.29, 0.717) is 0 Å². The number of nitrogens with zero attached hydrogens (tertiary/aromatic N) is 1. The third-order valence-electron chi connectivity index (χ3n) is 2.76. The van der Waals surface area contributed by atoms with Gasteiger partial charge in [0.2, 0.25) is 0 Å². The molecule has 0 bridgehead atoms. The molecular formula is C13H16F3NO3. The van der Waals surface area contributed by atoms with E-state index >= 15 is 0 Å². The van der Waals surface area contributed by atoms with E-state index in [9.17, 15) is 18.0 Å². The Balaban J connectivity index is 2.62. The number of benzene rings is 1. The molecule has 1 aromatic rings. The summed E-state index contributed by atoms with van der Waals surface area (Å²) in [5.41, 5.74) is -0.750. The minimum Gasteiger partial charge on any atom is -0.492 e. The number of carboxylic acid groups (broad SMARTS) is 1. The van der Waals surface area contributed by atoms with E-state index in [1.807, 2.05) is 0 Å². The second kappa shape index (κ2) is 6.60. The first-order valence-corrected chi connectivity index (χ1v) is 5.88. The molecule has 20 heavy (non-hydrogen) atoms. The topological polar surface area (TPSA) is 49.8 Å². The third-order valence-corrected chi connectivity index (χ3v) is 2.76. The molecule has 1 aromatic carbocycles. The Hall–Kier alpha value is -1.76. The first-order valence-electron chi connectivity index (χ1n) is 5.88. The van der Waals surface area contributed by atoms with Gasteiger partial charge in [0.25, 0.3) is 0 Å². The maximum absolute atomic E-state index is 12.4. The maximum Gasteiger partial charge on any atom is 0.416 e. The largest absolute Gasteiger partial charge is 0.492 e. The second-order valence-corrected chi connectivity index (χ2v) is 4.55. The number of rotatable bonds is 6. The smallest absolute Gasteiger partial charge is 0.416 e. The standard InChI is InChI=1S/C13H16F3NO3/c1-17(2)10(7-12(18)19)8-20-11-5-3-9(4-6-11)13(14,15)16/h3-6,10H,7-8H2,1-2H3,(H,18,19). The van der Waals surface area contributed by atoms with Gasteiger partial charge in [-0.3, -0.25) is 4.79 Å². The molecule has 0 heterocycles. The SMILES string of the molecule is CN(C)C(COc1ccc(C(F)(F)F)cc1)CC(=O)O. The summed E-state index contributed by atoms with van der Waals surface area (Å²) < 4.78 is 42.4. The lowest BCUT2D eigenvalue weighted by Gasteiger charge is -2.22. The van der Waals surface area contributed by atoms with Crippen molar-refractivity contribution in [2.24, 2.45) is 0 Å². The Labute approximate surface area is 114 Å². The fourth-order valence-electron chi connectivity index (χ4n) is 1.52. The molecule has 0 spiro atoms. The highest BCUT2D eigenvalue weighted by molar-refractivity contribution is 5.67. The van der Waals surface area contributed by atoms with Gasteiger partial charge in [-0.05, 0) is 38.4 Å². The number of carboxylic acids is 1. The van der Waals surface area contributed by atoms with Crippen molar-refractivity contribution in [1.29, 1.82) is 0 Å². The predicted molar refractivity (Wildman–Crippen MR) is 66.7 cm³/mol. The van der Waals surface area contributed by atoms with Crippen LogP contribution in [-0.4, -0.2) is 42.7 Å². The van der Waals surface area contributed by atoms with Gasteiger partial charge < -0.3 is 14.7 Å². The molecule has 0 radical (unpaired) electrons. The van der Waals surface area contributed by atoms with Crippen molar-refractivity contribution in [3.8, 4) is 5.75 Å². The summed E-state index contributed by atoms with van der Waals surface area (Å²) in [5, 5.41) is 8.75. The number of halogens is 3. The average Bonchev–Trinajstić information content (AvgIpc) is 2.33. The molecule has 112 valence electrons. The van der Waals surface area contributed by atoms with E-state index in [1.165, 1.54) is 12.1 Å². The molecule has 1 rings (SSSR count). The highest BCUT2D eigenvalue weighted by atomic mass is 19.4. The van der Waals surface area contributed by atoms with Crippen LogP contribution in [0.25, 0.3) is 0 Å². The Morgan fingerprint density at radius 1 is 1.30 bits per heavy atom. The van der Waals surface area contributed by atoms with Crippen molar-refractivity contribution in [3.63, 3.8) is 0 Å². The van der Waals surface area contributed by atoms with Crippen LogP contribution >= 0.6 is 0 Å². The molecule has 7 heteroatoms. The maximum atomic E-state index is 12.4. The van der Waals surface area contributed by atoms with Crippen LogP contribution in [0.2, 0.25) is 0 Å². The summed E-state index contributed by atoms with van der Waals surface area (Å²) in [5.74, 6) is -0.685. The first kappa shape index (κ1) is 16.3. The molecular weight excluding hydrogens is 275 g/mol. The van der Waals surface area contributed by atoms with Crippen molar-refractivity contribution in [2.75, 3.05) is 20.7 Å². The first-order chi connectivity index (χ1) is 9.20. The van der Waals surface area contributed by atoms with Crippen molar-refractivity contribution < 1.29 is 27.8 Å². The van der Waals surface area contributed by atoms with Gasteiger partial charge >= 0.3 is 12.1 Å². The Morgan fingerprint density at radius 2 is 1.85 bits per heavy atom. The van der Waals surface area contributed by atoms with Gasteiger partial charge in [-0.1, -0.05) is 0 Å². The van der Waals surface area contributed by atoms with Crippen LogP contribution in [0.4, 0.5) is 13.2 Å². The van der Waals surface area contributed by atoms with Crippen molar-refractivity contribution >= 4 is 5.97 Å². The van der Waals surface area contributed by atoms with Gasteiger partial charge in [0.15, 0.2) is 0 Å². The lowest BCUT2D eigenvalue weighted by Crippen LogP contribution is -2.35. The third kappa shape index (κ3) is 5.08. The summed E-state index contributed by atoms with van der Waals surface area (Å²) in [7, 11) is 3.42. The molecule has 0 saturated carbocycles. The van der Waals surface area contributed by atoms with Crippen LogP contribution in [0.15, 0.2) is 24.3 Å². The van der Waals surface area contributed by atoms with Crippen LogP contribution < -0.4 is 4.74 Å². The van der Waals surface area contributed by atoms with Gasteiger partial charge in [-0.15, -0.1) is 0 Å². The van der Waals surface area contributed by atoms with E-state index in [0.717, 1.165) is 12.1 Å². The monoisotopic (exact) mass is 291 g/mol. The summed E-state index contributed by atoms with van der Waals surface area (Å²) >= 11 is 0. The molecule has 0 amide bonds. The molecule has 0 saturated heterocycles. The lowest BCUT2D eigenvalue weighted by molar-refractivity contribution is -0.139. The molecule has 1 N–H and O–H groups in total. The van der Waals surface area contributed by atoms with E-state index in [1.54, 1.807) is 19.0 Å². The molecule has 4 nitrogen and oxygen atoms in total. The summed E-state index contributed by atoms with van der Waals surface area (Å²) in [6.07, 6.45) is -4.48. The molecule has 0 aliphatic carbocycles. The molecule has 0 fully saturated rings. The summed E-state index contributed by atoms with van der Waals surface area (Å²) in [6.45, 7) is 0.0880. The van der Waals surface area contributed by atoms with E-state index in [2.05, 4.69) is 0 Å². The van der Waals surface area contributed by atoms with Crippen LogP contribution in [0.5, 0.6) is 5.75 Å². The zero-order chi connectivity index (χ0) is 15.3. The zero-order valence-electron chi connectivity index (χ0n) is 11.1. The average molecular weight is 291 g/mol.